The van der Waals surface area contributed by atoms with Crippen molar-refractivity contribution in [3.63, 3.8) is 0 Å². The molecule has 1 aliphatic rings. The minimum atomic E-state index is -0.359. The van der Waals surface area contributed by atoms with Gasteiger partial charge in [-0.25, -0.2) is 4.98 Å². The predicted octanol–water partition coefficient (Wildman–Crippen LogP) is 2.90. The fourth-order valence-corrected chi connectivity index (χ4v) is 3.65. The quantitative estimate of drug-likeness (QED) is 0.664. The maximum atomic E-state index is 12.3. The fraction of sp³-hybridized carbons (Fsp3) is 0.375. The molecule has 0 unspecified atom stereocenters. The Bertz CT molecular complexity index is 711. The molecule has 0 spiro atoms. The maximum Gasteiger partial charge on any atom is 0.324 e. The van der Waals surface area contributed by atoms with Crippen LogP contribution in [0.25, 0.3) is 0 Å². The fourth-order valence-electron chi connectivity index (χ4n) is 2.79. The Kier molecular flexibility index (Phi) is 5.17. The molecule has 0 bridgehead atoms. The molecule has 1 aliphatic heterocycles. The largest absolute Gasteiger partial charge is 0.324 e. The monoisotopic (exact) mass is 346 g/mol. The molecule has 2 aromatic rings. The summed E-state index contributed by atoms with van der Waals surface area (Å²) in [5, 5.41) is 13.8. The zero-order chi connectivity index (χ0) is 16.9. The van der Waals surface area contributed by atoms with Crippen LogP contribution >= 0.6 is 11.3 Å². The first-order valence-electron chi connectivity index (χ1n) is 7.79. The first-order valence-corrected chi connectivity index (χ1v) is 8.61. The molecule has 0 aromatic carbocycles. The smallest absolute Gasteiger partial charge is 0.310 e. The molecule has 3 heterocycles. The summed E-state index contributed by atoms with van der Waals surface area (Å²) >= 11 is 1.22. The summed E-state index contributed by atoms with van der Waals surface area (Å²) in [5.41, 5.74) is 0. The van der Waals surface area contributed by atoms with E-state index in [9.17, 15) is 14.9 Å². The minimum Gasteiger partial charge on any atom is -0.310 e. The van der Waals surface area contributed by atoms with Gasteiger partial charge in [0.05, 0.1) is 4.92 Å². The van der Waals surface area contributed by atoms with Crippen molar-refractivity contribution in [2.75, 3.05) is 18.4 Å². The molecule has 24 heavy (non-hydrogen) atoms. The maximum absolute atomic E-state index is 12.3. The second-order valence-corrected chi connectivity index (χ2v) is 6.90. The Balaban J connectivity index is 1.48. The zero-order valence-corrected chi connectivity index (χ0v) is 13.9. The van der Waals surface area contributed by atoms with Gasteiger partial charge < -0.3 is 5.32 Å². The van der Waals surface area contributed by atoms with Crippen molar-refractivity contribution in [2.45, 2.75) is 19.4 Å². The Morgan fingerprint density at radius 2 is 2.12 bits per heavy atom. The number of hydrogen-bond acceptors (Lipinski definition) is 6. The standard InChI is InChI=1S/C16H18N4O3S/c21-16(18-14-3-1-2-8-17-14)12-6-9-19(10-7-12)11-13-4-5-15(24-13)20(22)23/h1-5,8,12H,6-7,9-11H2,(H,17,18,21). The molecule has 0 atom stereocenters. The van der Waals surface area contributed by atoms with Gasteiger partial charge in [-0.1, -0.05) is 17.4 Å². The highest BCUT2D eigenvalue weighted by Gasteiger charge is 2.25. The highest BCUT2D eigenvalue weighted by Crippen LogP contribution is 2.27. The number of pyridine rings is 1. The molecule has 126 valence electrons. The van der Waals surface area contributed by atoms with E-state index in [2.05, 4.69) is 15.2 Å². The van der Waals surface area contributed by atoms with Crippen LogP contribution in [-0.4, -0.2) is 33.8 Å². The van der Waals surface area contributed by atoms with Crippen LogP contribution in [0.1, 0.15) is 17.7 Å². The number of nitro groups is 1. The molecule has 1 saturated heterocycles. The van der Waals surface area contributed by atoms with Gasteiger partial charge in [-0.05, 0) is 44.1 Å². The number of nitrogens with zero attached hydrogens (tertiary/aromatic N) is 3. The first kappa shape index (κ1) is 16.5. The summed E-state index contributed by atoms with van der Waals surface area (Å²) in [6.45, 7) is 2.32. The molecule has 0 aliphatic carbocycles. The summed E-state index contributed by atoms with van der Waals surface area (Å²) in [5.74, 6) is 0.580. The van der Waals surface area contributed by atoms with E-state index in [0.717, 1.165) is 30.8 Å². The van der Waals surface area contributed by atoms with E-state index in [1.807, 2.05) is 18.2 Å². The van der Waals surface area contributed by atoms with Gasteiger partial charge in [0.25, 0.3) is 0 Å². The molecule has 0 radical (unpaired) electrons. The molecule has 3 rings (SSSR count). The van der Waals surface area contributed by atoms with E-state index in [0.29, 0.717) is 12.4 Å². The molecule has 1 N–H and O–H groups in total. The van der Waals surface area contributed by atoms with Crippen LogP contribution < -0.4 is 5.32 Å². The number of anilines is 1. The number of nitrogens with one attached hydrogen (secondary N) is 1. The number of hydrogen-bond donors (Lipinski definition) is 1. The van der Waals surface area contributed by atoms with Gasteiger partial charge in [0.1, 0.15) is 5.82 Å². The molecule has 2 aromatic heterocycles. The van der Waals surface area contributed by atoms with Crippen molar-refractivity contribution in [3.05, 3.63) is 51.5 Å². The molecular formula is C16H18N4O3S. The highest BCUT2D eigenvalue weighted by atomic mass is 32.1. The zero-order valence-electron chi connectivity index (χ0n) is 13.1. The summed E-state index contributed by atoms with van der Waals surface area (Å²) in [7, 11) is 0. The lowest BCUT2D eigenvalue weighted by atomic mass is 9.96. The lowest BCUT2D eigenvalue weighted by Crippen LogP contribution is -2.37. The Morgan fingerprint density at radius 1 is 1.33 bits per heavy atom. The van der Waals surface area contributed by atoms with E-state index in [4.69, 9.17) is 0 Å². The number of carbonyl (C=O) groups excluding carboxylic acids is 1. The van der Waals surface area contributed by atoms with E-state index >= 15 is 0 Å². The van der Waals surface area contributed by atoms with Crippen molar-refractivity contribution >= 4 is 28.1 Å². The topological polar surface area (TPSA) is 88.4 Å². The van der Waals surface area contributed by atoms with Gasteiger partial charge in [0.2, 0.25) is 5.91 Å². The second-order valence-electron chi connectivity index (χ2n) is 5.75. The summed E-state index contributed by atoms with van der Waals surface area (Å²) in [6, 6.07) is 8.78. The number of likely N-dealkylation sites (tertiary alicyclic amines) is 1. The van der Waals surface area contributed by atoms with Crippen LogP contribution in [0.2, 0.25) is 0 Å². The second kappa shape index (κ2) is 7.50. The van der Waals surface area contributed by atoms with Crippen molar-refractivity contribution in [3.8, 4) is 0 Å². The van der Waals surface area contributed by atoms with Gasteiger partial charge in [-0.2, -0.15) is 0 Å². The number of piperidine rings is 1. The van der Waals surface area contributed by atoms with E-state index in [-0.39, 0.29) is 21.7 Å². The number of carbonyl (C=O) groups is 1. The summed E-state index contributed by atoms with van der Waals surface area (Å²) in [6.07, 6.45) is 3.22. The van der Waals surface area contributed by atoms with Crippen LogP contribution in [0.3, 0.4) is 0 Å². The van der Waals surface area contributed by atoms with E-state index < -0.39 is 0 Å². The Labute approximate surface area is 143 Å². The number of rotatable bonds is 5. The van der Waals surface area contributed by atoms with Crippen LogP contribution in [0.15, 0.2) is 36.5 Å². The third kappa shape index (κ3) is 4.15. The molecular weight excluding hydrogens is 328 g/mol. The highest BCUT2D eigenvalue weighted by molar-refractivity contribution is 7.15. The van der Waals surface area contributed by atoms with Crippen LogP contribution in [0.5, 0.6) is 0 Å². The van der Waals surface area contributed by atoms with Gasteiger partial charge in [-0.3, -0.25) is 19.8 Å². The normalized spacial score (nSPS) is 16.0. The van der Waals surface area contributed by atoms with Crippen molar-refractivity contribution in [2.24, 2.45) is 5.92 Å². The van der Waals surface area contributed by atoms with Crippen molar-refractivity contribution < 1.29 is 9.72 Å². The van der Waals surface area contributed by atoms with Gasteiger partial charge in [-0.15, -0.1) is 0 Å². The van der Waals surface area contributed by atoms with E-state index in [1.54, 1.807) is 18.3 Å². The van der Waals surface area contributed by atoms with Crippen molar-refractivity contribution in [1.29, 1.82) is 0 Å². The molecule has 0 saturated carbocycles. The summed E-state index contributed by atoms with van der Waals surface area (Å²) in [4.78, 5) is 30.0. The van der Waals surface area contributed by atoms with Gasteiger partial charge in [0, 0.05) is 29.6 Å². The van der Waals surface area contributed by atoms with Crippen LogP contribution in [0, 0.1) is 16.0 Å². The van der Waals surface area contributed by atoms with E-state index in [1.165, 1.54) is 11.3 Å². The minimum absolute atomic E-state index is 0.0130. The third-order valence-corrected chi connectivity index (χ3v) is 5.10. The molecule has 8 heteroatoms. The number of thiophene rings is 1. The van der Waals surface area contributed by atoms with Crippen molar-refractivity contribution in [1.82, 2.24) is 9.88 Å². The Morgan fingerprint density at radius 3 is 2.75 bits per heavy atom. The van der Waals surface area contributed by atoms with Crippen LogP contribution in [0.4, 0.5) is 10.8 Å². The molecule has 7 nitrogen and oxygen atoms in total. The Hall–Kier alpha value is -2.32. The number of amides is 1. The average molecular weight is 346 g/mol. The van der Waals surface area contributed by atoms with Gasteiger partial charge in [0.15, 0.2) is 0 Å². The average Bonchev–Trinajstić information content (AvgIpc) is 3.05. The van der Waals surface area contributed by atoms with Gasteiger partial charge >= 0.3 is 5.00 Å². The SMILES string of the molecule is O=C(Nc1ccccn1)C1CCN(Cc2ccc([N+](=O)[O-])s2)CC1. The first-order chi connectivity index (χ1) is 11.6. The molecule has 1 fully saturated rings. The lowest BCUT2D eigenvalue weighted by molar-refractivity contribution is -0.380. The predicted molar refractivity (Wildman–Crippen MR) is 91.8 cm³/mol. The number of aromatic nitrogens is 1. The van der Waals surface area contributed by atoms with Crippen LogP contribution in [-0.2, 0) is 11.3 Å². The third-order valence-electron chi connectivity index (χ3n) is 4.08. The summed E-state index contributed by atoms with van der Waals surface area (Å²) < 4.78 is 0. The molecule has 1 amide bonds. The lowest BCUT2D eigenvalue weighted by Gasteiger charge is -2.30.